The number of carbonyl (C=O) groups is 2. The predicted octanol–water partition coefficient (Wildman–Crippen LogP) is 8.15. The first-order chi connectivity index (χ1) is 24.8. The molecular weight excluding hydrogens is 689 g/mol. The van der Waals surface area contributed by atoms with Crippen LogP contribution in [0.1, 0.15) is 51.2 Å². The van der Waals surface area contributed by atoms with Crippen molar-refractivity contribution in [1.29, 1.82) is 0 Å². The number of nitrogens with one attached hydrogen (secondary N) is 1. The van der Waals surface area contributed by atoms with Gasteiger partial charge in [-0.25, -0.2) is 22.2 Å². The molecule has 0 saturated heterocycles. The summed E-state index contributed by atoms with van der Waals surface area (Å²) in [4.78, 5) is 32.2. The standard InChI is InChI=1S/C40H35F2N3O6S/c1-24(26-10-14-28(41)15-11-26)20-34(46)38-35(50-23-25-8-6-5-7-9-25)19-18-32(44-38)30-21-31-36(22-33(30)45(3)52(4,48)49)51-39(37(31)40(47)43-2)27-12-16-29(42)17-13-27/h5-19,21-22,24H,20,23H2,1-4H3,(H,43,47)/t24-/m0/s1. The van der Waals surface area contributed by atoms with E-state index in [-0.39, 0.29) is 75.8 Å². The van der Waals surface area contributed by atoms with Crippen LogP contribution in [0.4, 0.5) is 14.5 Å². The highest BCUT2D eigenvalue weighted by Crippen LogP contribution is 2.41. The van der Waals surface area contributed by atoms with E-state index in [9.17, 15) is 26.8 Å². The predicted molar refractivity (Wildman–Crippen MR) is 196 cm³/mol. The van der Waals surface area contributed by atoms with Crippen LogP contribution in [0.3, 0.4) is 0 Å². The molecule has 0 radical (unpaired) electrons. The Morgan fingerprint density at radius 1 is 0.923 bits per heavy atom. The molecule has 9 nitrogen and oxygen atoms in total. The molecule has 2 heterocycles. The first-order valence-electron chi connectivity index (χ1n) is 16.3. The summed E-state index contributed by atoms with van der Waals surface area (Å²) in [5, 5.41) is 2.96. The van der Waals surface area contributed by atoms with Crippen LogP contribution < -0.4 is 14.4 Å². The number of pyridine rings is 1. The Morgan fingerprint density at radius 2 is 1.58 bits per heavy atom. The number of fused-ring (bicyclic) bond motifs is 1. The van der Waals surface area contributed by atoms with Crippen LogP contribution in [-0.4, -0.2) is 45.4 Å². The smallest absolute Gasteiger partial charge is 0.255 e. The molecule has 0 saturated carbocycles. The van der Waals surface area contributed by atoms with E-state index in [2.05, 4.69) is 5.32 Å². The van der Waals surface area contributed by atoms with Crippen molar-refractivity contribution in [3.63, 3.8) is 0 Å². The fraction of sp³-hybridized carbons (Fsp3) is 0.175. The quantitative estimate of drug-likeness (QED) is 0.127. The molecule has 0 aliphatic rings. The summed E-state index contributed by atoms with van der Waals surface area (Å²) in [7, 11) is -1.00. The van der Waals surface area contributed by atoms with E-state index in [1.807, 2.05) is 37.3 Å². The highest BCUT2D eigenvalue weighted by Gasteiger charge is 2.28. The van der Waals surface area contributed by atoms with Gasteiger partial charge in [-0.05, 0) is 71.6 Å². The molecule has 12 heteroatoms. The molecule has 0 aliphatic heterocycles. The molecule has 4 aromatic carbocycles. The van der Waals surface area contributed by atoms with Crippen LogP contribution in [0.5, 0.6) is 5.75 Å². The summed E-state index contributed by atoms with van der Waals surface area (Å²) in [6.07, 6.45) is 1.06. The highest BCUT2D eigenvalue weighted by molar-refractivity contribution is 7.92. The Balaban J connectivity index is 1.52. The summed E-state index contributed by atoms with van der Waals surface area (Å²) in [5.41, 5.74) is 3.09. The molecule has 1 N–H and O–H groups in total. The van der Waals surface area contributed by atoms with Crippen LogP contribution in [-0.2, 0) is 16.6 Å². The van der Waals surface area contributed by atoms with Crippen molar-refractivity contribution >= 4 is 38.4 Å². The summed E-state index contributed by atoms with van der Waals surface area (Å²) < 4.78 is 66.7. The largest absolute Gasteiger partial charge is 0.487 e. The fourth-order valence-electron chi connectivity index (χ4n) is 5.86. The fourth-order valence-corrected chi connectivity index (χ4v) is 6.37. The first-order valence-corrected chi connectivity index (χ1v) is 18.2. The van der Waals surface area contributed by atoms with Crippen LogP contribution >= 0.6 is 0 Å². The normalized spacial score (nSPS) is 12.0. The molecule has 0 unspecified atom stereocenters. The lowest BCUT2D eigenvalue weighted by Crippen LogP contribution is -2.25. The Kier molecular flexibility index (Phi) is 10.2. The second-order valence-corrected chi connectivity index (χ2v) is 14.4. The van der Waals surface area contributed by atoms with E-state index in [0.29, 0.717) is 10.9 Å². The van der Waals surface area contributed by atoms with Crippen LogP contribution in [0.2, 0.25) is 0 Å². The highest BCUT2D eigenvalue weighted by atomic mass is 32.2. The van der Waals surface area contributed by atoms with Crippen molar-refractivity contribution in [3.05, 3.63) is 137 Å². The number of halogens is 2. The summed E-state index contributed by atoms with van der Waals surface area (Å²) in [5.74, 6) is -1.62. The lowest BCUT2D eigenvalue weighted by atomic mass is 9.94. The Morgan fingerprint density at radius 3 is 2.21 bits per heavy atom. The molecule has 52 heavy (non-hydrogen) atoms. The van der Waals surface area contributed by atoms with Crippen molar-refractivity contribution in [1.82, 2.24) is 10.3 Å². The molecule has 6 rings (SSSR count). The molecule has 266 valence electrons. The number of aromatic nitrogens is 1. The summed E-state index contributed by atoms with van der Waals surface area (Å²) >= 11 is 0. The Hall–Kier alpha value is -5.88. The molecule has 0 spiro atoms. The molecular formula is C40H35F2N3O6S. The number of rotatable bonds is 12. The van der Waals surface area contributed by atoms with Crippen molar-refractivity contribution in [2.75, 3.05) is 24.7 Å². The number of anilines is 1. The van der Waals surface area contributed by atoms with E-state index in [0.717, 1.165) is 21.7 Å². The topological polar surface area (TPSA) is 119 Å². The third kappa shape index (κ3) is 7.57. The zero-order valence-corrected chi connectivity index (χ0v) is 29.6. The van der Waals surface area contributed by atoms with Crippen molar-refractivity contribution < 1.29 is 35.9 Å². The van der Waals surface area contributed by atoms with E-state index in [4.69, 9.17) is 14.1 Å². The van der Waals surface area contributed by atoms with Gasteiger partial charge >= 0.3 is 0 Å². The Labute approximate surface area is 299 Å². The monoisotopic (exact) mass is 723 g/mol. The molecule has 0 aliphatic carbocycles. The summed E-state index contributed by atoms with van der Waals surface area (Å²) in [6, 6.07) is 27.1. The van der Waals surface area contributed by atoms with Crippen molar-refractivity contribution in [2.45, 2.75) is 25.9 Å². The van der Waals surface area contributed by atoms with Gasteiger partial charge in [0.1, 0.15) is 41.0 Å². The molecule has 0 bridgehead atoms. The second-order valence-electron chi connectivity index (χ2n) is 12.4. The van der Waals surface area contributed by atoms with E-state index in [1.54, 1.807) is 30.3 Å². The lowest BCUT2D eigenvalue weighted by Gasteiger charge is -2.21. The lowest BCUT2D eigenvalue weighted by molar-refractivity contribution is 0.0957. The third-order valence-corrected chi connectivity index (χ3v) is 9.96. The molecule has 0 fully saturated rings. The average Bonchev–Trinajstić information content (AvgIpc) is 3.51. The van der Waals surface area contributed by atoms with Crippen LogP contribution in [0, 0.1) is 11.6 Å². The van der Waals surface area contributed by atoms with Gasteiger partial charge in [0, 0.05) is 43.1 Å². The van der Waals surface area contributed by atoms with Gasteiger partial charge in [-0.1, -0.05) is 49.4 Å². The molecule has 1 amide bonds. The number of hydrogen-bond acceptors (Lipinski definition) is 7. The number of nitrogens with zero attached hydrogens (tertiary/aromatic N) is 2. The molecule has 2 aromatic heterocycles. The van der Waals surface area contributed by atoms with Crippen LogP contribution in [0.25, 0.3) is 33.6 Å². The second kappa shape index (κ2) is 14.8. The van der Waals surface area contributed by atoms with Crippen LogP contribution in [0.15, 0.2) is 108 Å². The summed E-state index contributed by atoms with van der Waals surface area (Å²) in [6.45, 7) is 2.00. The number of carbonyl (C=O) groups excluding carboxylic acids is 2. The molecule has 1 atom stereocenters. The molecule has 6 aromatic rings. The first kappa shape index (κ1) is 35.9. The number of furan rings is 1. The Bertz CT molecular complexity index is 2380. The van der Waals surface area contributed by atoms with E-state index in [1.165, 1.54) is 56.6 Å². The average molecular weight is 724 g/mol. The number of Topliss-reactive ketones (excluding diaryl/α,β-unsaturated/α-hetero) is 1. The van der Waals surface area contributed by atoms with E-state index < -0.39 is 21.7 Å². The number of ketones is 1. The number of ether oxygens (including phenoxy) is 1. The van der Waals surface area contributed by atoms with Gasteiger partial charge in [0.15, 0.2) is 5.78 Å². The van der Waals surface area contributed by atoms with Gasteiger partial charge in [-0.15, -0.1) is 0 Å². The number of amides is 1. The minimum absolute atomic E-state index is 0.0150. The number of sulfonamides is 1. The maximum absolute atomic E-state index is 14.1. The minimum Gasteiger partial charge on any atom is -0.487 e. The third-order valence-electron chi connectivity index (χ3n) is 8.77. The van der Waals surface area contributed by atoms with Crippen molar-refractivity contribution in [2.24, 2.45) is 0 Å². The van der Waals surface area contributed by atoms with Gasteiger partial charge in [0.05, 0.1) is 23.2 Å². The number of hydrogen-bond donors (Lipinski definition) is 1. The zero-order chi connectivity index (χ0) is 37.2. The van der Waals surface area contributed by atoms with Crippen molar-refractivity contribution in [3.8, 4) is 28.3 Å². The SMILES string of the molecule is CNC(=O)c1c(-c2ccc(F)cc2)oc2cc(N(C)S(C)(=O)=O)c(-c3ccc(OCc4ccccc4)c(C(=O)C[C@H](C)c4ccc(F)cc4)n3)cc12. The number of benzene rings is 4. The zero-order valence-electron chi connectivity index (χ0n) is 28.8. The van der Waals surface area contributed by atoms with Gasteiger partial charge < -0.3 is 14.5 Å². The van der Waals surface area contributed by atoms with E-state index >= 15 is 0 Å². The maximum atomic E-state index is 14.1. The maximum Gasteiger partial charge on any atom is 0.255 e. The van der Waals surface area contributed by atoms with Gasteiger partial charge in [0.2, 0.25) is 10.0 Å². The van der Waals surface area contributed by atoms with Gasteiger partial charge in [-0.3, -0.25) is 13.9 Å². The van der Waals surface area contributed by atoms with Gasteiger partial charge in [0.25, 0.3) is 5.91 Å². The van der Waals surface area contributed by atoms with Gasteiger partial charge in [-0.2, -0.15) is 0 Å². The minimum atomic E-state index is -3.84.